The SMILES string of the molecule is CC(C)[C@H]1CN(Cc2ccccc2)[C@@H]2c3ccccc3C(=O)N12. The molecule has 23 heavy (non-hydrogen) atoms. The monoisotopic (exact) mass is 306 g/mol. The van der Waals surface area contributed by atoms with E-state index in [1.54, 1.807) is 0 Å². The minimum atomic E-state index is 0.0892. The fourth-order valence-electron chi connectivity index (χ4n) is 3.95. The first-order chi connectivity index (χ1) is 11.2. The van der Waals surface area contributed by atoms with Gasteiger partial charge < -0.3 is 4.90 Å². The molecule has 2 heterocycles. The van der Waals surface area contributed by atoms with Gasteiger partial charge in [0.15, 0.2) is 0 Å². The molecule has 4 rings (SSSR count). The third-order valence-electron chi connectivity index (χ3n) is 5.09. The quantitative estimate of drug-likeness (QED) is 0.863. The van der Waals surface area contributed by atoms with E-state index in [0.717, 1.165) is 24.2 Å². The molecule has 1 saturated heterocycles. The molecule has 0 aliphatic carbocycles. The highest BCUT2D eigenvalue weighted by molar-refractivity contribution is 5.99. The lowest BCUT2D eigenvalue weighted by atomic mass is 10.0. The molecule has 3 heteroatoms. The van der Waals surface area contributed by atoms with Crippen molar-refractivity contribution in [3.05, 3.63) is 71.3 Å². The Morgan fingerprint density at radius 1 is 1.04 bits per heavy atom. The summed E-state index contributed by atoms with van der Waals surface area (Å²) in [6, 6.07) is 18.9. The van der Waals surface area contributed by atoms with Crippen molar-refractivity contribution in [2.45, 2.75) is 32.6 Å². The largest absolute Gasteiger partial charge is 0.314 e. The van der Waals surface area contributed by atoms with Gasteiger partial charge in [0.2, 0.25) is 0 Å². The summed E-state index contributed by atoms with van der Waals surface area (Å²) in [4.78, 5) is 17.4. The molecule has 0 bridgehead atoms. The number of fused-ring (bicyclic) bond motifs is 3. The molecule has 2 aliphatic rings. The van der Waals surface area contributed by atoms with E-state index in [9.17, 15) is 4.79 Å². The van der Waals surface area contributed by atoms with Crippen molar-refractivity contribution in [3.63, 3.8) is 0 Å². The van der Waals surface area contributed by atoms with Gasteiger partial charge in [-0.05, 0) is 17.5 Å². The van der Waals surface area contributed by atoms with Crippen LogP contribution in [0.3, 0.4) is 0 Å². The third kappa shape index (κ3) is 2.27. The number of hydrogen-bond donors (Lipinski definition) is 0. The molecule has 0 unspecified atom stereocenters. The summed E-state index contributed by atoms with van der Waals surface area (Å²) >= 11 is 0. The normalized spacial score (nSPS) is 23.4. The maximum atomic E-state index is 12.9. The van der Waals surface area contributed by atoms with Gasteiger partial charge in [-0.25, -0.2) is 0 Å². The molecular weight excluding hydrogens is 284 g/mol. The van der Waals surface area contributed by atoms with Crippen molar-refractivity contribution >= 4 is 5.91 Å². The maximum Gasteiger partial charge on any atom is 0.256 e. The van der Waals surface area contributed by atoms with Crippen LogP contribution in [0.5, 0.6) is 0 Å². The van der Waals surface area contributed by atoms with Gasteiger partial charge in [0.25, 0.3) is 5.91 Å². The minimum Gasteiger partial charge on any atom is -0.314 e. The van der Waals surface area contributed by atoms with Crippen molar-refractivity contribution in [2.24, 2.45) is 5.92 Å². The first-order valence-electron chi connectivity index (χ1n) is 8.36. The topological polar surface area (TPSA) is 23.6 Å². The predicted octanol–water partition coefficient (Wildman–Crippen LogP) is 3.68. The van der Waals surface area contributed by atoms with Crippen LogP contribution < -0.4 is 0 Å². The molecule has 1 amide bonds. The van der Waals surface area contributed by atoms with E-state index in [0.29, 0.717) is 5.92 Å². The van der Waals surface area contributed by atoms with E-state index in [-0.39, 0.29) is 18.1 Å². The Labute approximate surface area is 137 Å². The number of rotatable bonds is 3. The Hall–Kier alpha value is -2.13. The highest BCUT2D eigenvalue weighted by atomic mass is 16.2. The molecular formula is C20H22N2O. The summed E-state index contributed by atoms with van der Waals surface area (Å²) in [5.41, 5.74) is 3.34. The lowest BCUT2D eigenvalue weighted by Gasteiger charge is -2.27. The smallest absolute Gasteiger partial charge is 0.256 e. The third-order valence-corrected chi connectivity index (χ3v) is 5.09. The Kier molecular flexibility index (Phi) is 3.46. The summed E-state index contributed by atoms with van der Waals surface area (Å²) in [6.07, 6.45) is 0.0892. The molecule has 0 aromatic heterocycles. The molecule has 2 atom stereocenters. The van der Waals surface area contributed by atoms with Crippen LogP contribution in [0.15, 0.2) is 54.6 Å². The van der Waals surface area contributed by atoms with Crippen LogP contribution in [-0.2, 0) is 6.54 Å². The summed E-state index contributed by atoms with van der Waals surface area (Å²) in [5.74, 6) is 0.649. The van der Waals surface area contributed by atoms with Crippen molar-refractivity contribution in [1.29, 1.82) is 0 Å². The summed E-state index contributed by atoms with van der Waals surface area (Å²) in [6.45, 7) is 6.25. The Balaban J connectivity index is 1.72. The van der Waals surface area contributed by atoms with Gasteiger partial charge >= 0.3 is 0 Å². The van der Waals surface area contributed by atoms with Gasteiger partial charge in [0, 0.05) is 30.3 Å². The van der Waals surface area contributed by atoms with Crippen LogP contribution in [0, 0.1) is 5.92 Å². The molecule has 0 N–H and O–H groups in total. The van der Waals surface area contributed by atoms with Crippen LogP contribution in [-0.4, -0.2) is 28.3 Å². The van der Waals surface area contributed by atoms with E-state index in [4.69, 9.17) is 0 Å². The molecule has 3 nitrogen and oxygen atoms in total. The van der Waals surface area contributed by atoms with Gasteiger partial charge in [-0.1, -0.05) is 62.4 Å². The summed E-state index contributed by atoms with van der Waals surface area (Å²) in [5, 5.41) is 0. The van der Waals surface area contributed by atoms with Crippen LogP contribution in [0.2, 0.25) is 0 Å². The predicted molar refractivity (Wildman–Crippen MR) is 90.8 cm³/mol. The minimum absolute atomic E-state index is 0.0892. The van der Waals surface area contributed by atoms with E-state index in [2.05, 4.69) is 54.0 Å². The van der Waals surface area contributed by atoms with Crippen LogP contribution in [0.4, 0.5) is 0 Å². The molecule has 2 aromatic rings. The number of amides is 1. The Bertz CT molecular complexity index is 725. The van der Waals surface area contributed by atoms with E-state index < -0.39 is 0 Å². The molecule has 2 aromatic carbocycles. The fourth-order valence-corrected chi connectivity index (χ4v) is 3.95. The second-order valence-electron chi connectivity index (χ2n) is 6.90. The van der Waals surface area contributed by atoms with Crippen LogP contribution in [0.1, 0.15) is 41.5 Å². The van der Waals surface area contributed by atoms with Gasteiger partial charge in [-0.2, -0.15) is 0 Å². The van der Waals surface area contributed by atoms with E-state index in [1.807, 2.05) is 24.3 Å². The first-order valence-corrected chi connectivity index (χ1v) is 8.36. The van der Waals surface area contributed by atoms with Gasteiger partial charge in [-0.15, -0.1) is 0 Å². The van der Waals surface area contributed by atoms with Crippen LogP contribution in [0.25, 0.3) is 0 Å². The summed E-state index contributed by atoms with van der Waals surface area (Å²) in [7, 11) is 0. The Morgan fingerprint density at radius 2 is 1.74 bits per heavy atom. The number of hydrogen-bond acceptors (Lipinski definition) is 2. The highest BCUT2D eigenvalue weighted by Gasteiger charge is 2.49. The van der Waals surface area contributed by atoms with Crippen LogP contribution >= 0.6 is 0 Å². The van der Waals surface area contributed by atoms with E-state index in [1.165, 1.54) is 5.56 Å². The second-order valence-corrected chi connectivity index (χ2v) is 6.90. The first kappa shape index (κ1) is 14.5. The maximum absolute atomic E-state index is 12.9. The zero-order chi connectivity index (χ0) is 16.0. The van der Waals surface area contributed by atoms with Crippen molar-refractivity contribution in [1.82, 2.24) is 9.80 Å². The zero-order valence-corrected chi connectivity index (χ0v) is 13.6. The fraction of sp³-hybridized carbons (Fsp3) is 0.350. The number of carbonyl (C=O) groups is 1. The molecule has 1 fully saturated rings. The molecule has 0 saturated carbocycles. The number of carbonyl (C=O) groups excluding carboxylic acids is 1. The zero-order valence-electron chi connectivity index (χ0n) is 13.6. The summed E-state index contributed by atoms with van der Waals surface area (Å²) < 4.78 is 0. The molecule has 0 radical (unpaired) electrons. The lowest BCUT2D eigenvalue weighted by Crippen LogP contribution is -2.37. The average molecular weight is 306 g/mol. The average Bonchev–Trinajstić information content (AvgIpc) is 3.07. The van der Waals surface area contributed by atoms with Gasteiger partial charge in [0.05, 0.1) is 0 Å². The number of nitrogens with zero attached hydrogens (tertiary/aromatic N) is 2. The second kappa shape index (κ2) is 5.50. The van der Waals surface area contributed by atoms with Crippen molar-refractivity contribution in [2.75, 3.05) is 6.54 Å². The Morgan fingerprint density at radius 3 is 2.48 bits per heavy atom. The van der Waals surface area contributed by atoms with Crippen molar-refractivity contribution < 1.29 is 4.79 Å². The lowest BCUT2D eigenvalue weighted by molar-refractivity contribution is 0.0604. The van der Waals surface area contributed by atoms with Gasteiger partial charge in [-0.3, -0.25) is 9.69 Å². The van der Waals surface area contributed by atoms with Gasteiger partial charge in [0.1, 0.15) is 6.17 Å². The molecule has 2 aliphatic heterocycles. The van der Waals surface area contributed by atoms with Crippen molar-refractivity contribution in [3.8, 4) is 0 Å². The highest BCUT2D eigenvalue weighted by Crippen LogP contribution is 2.44. The molecule has 118 valence electrons. The number of benzene rings is 2. The van der Waals surface area contributed by atoms with E-state index >= 15 is 0 Å². The standard InChI is InChI=1S/C20H22N2O/c1-14(2)18-13-21(12-15-8-4-3-5-9-15)19-16-10-6-7-11-17(16)20(23)22(18)19/h3-11,14,18-19H,12-13H2,1-2H3/t18-,19+/m1/s1. The molecule has 0 spiro atoms.